The summed E-state index contributed by atoms with van der Waals surface area (Å²) in [5, 5.41) is 2.28. The summed E-state index contributed by atoms with van der Waals surface area (Å²) in [4.78, 5) is 11.7. The molecule has 0 radical (unpaired) electrons. The van der Waals surface area contributed by atoms with E-state index in [2.05, 4.69) is 37.2 Å². The standard InChI is InChI=1S/C11H5Br2F2NO2/c12-5-3-8(7(15)4-6(5)14)16-11(17)9-1-2-10(13)18-9/h1-4H,(H,16,17). The first kappa shape index (κ1) is 13.2. The van der Waals surface area contributed by atoms with Gasteiger partial charge in [0.2, 0.25) is 0 Å². The second kappa shape index (κ2) is 5.19. The normalized spacial score (nSPS) is 10.4. The molecule has 0 spiro atoms. The van der Waals surface area contributed by atoms with Gasteiger partial charge in [-0.3, -0.25) is 4.79 Å². The Balaban J connectivity index is 2.24. The van der Waals surface area contributed by atoms with Crippen molar-refractivity contribution in [1.82, 2.24) is 0 Å². The van der Waals surface area contributed by atoms with Crippen molar-refractivity contribution >= 4 is 43.5 Å². The molecule has 0 aliphatic rings. The summed E-state index contributed by atoms with van der Waals surface area (Å²) in [5.41, 5.74) is -0.138. The van der Waals surface area contributed by atoms with Crippen LogP contribution in [0, 0.1) is 11.6 Å². The number of benzene rings is 1. The van der Waals surface area contributed by atoms with E-state index in [1.807, 2.05) is 0 Å². The fourth-order valence-electron chi connectivity index (χ4n) is 1.24. The molecule has 1 N–H and O–H groups in total. The minimum atomic E-state index is -0.866. The quantitative estimate of drug-likeness (QED) is 0.787. The van der Waals surface area contributed by atoms with Crippen molar-refractivity contribution in [3.05, 3.63) is 50.8 Å². The van der Waals surface area contributed by atoms with Crippen LogP contribution in [-0.4, -0.2) is 5.91 Å². The minimum absolute atomic E-state index is 0.0155. The third-order valence-electron chi connectivity index (χ3n) is 2.06. The van der Waals surface area contributed by atoms with Gasteiger partial charge in [-0.15, -0.1) is 0 Å². The Kier molecular flexibility index (Phi) is 3.82. The lowest BCUT2D eigenvalue weighted by molar-refractivity contribution is 0.0995. The van der Waals surface area contributed by atoms with Gasteiger partial charge >= 0.3 is 0 Å². The maximum atomic E-state index is 13.4. The molecule has 2 aromatic rings. The van der Waals surface area contributed by atoms with Gasteiger partial charge in [-0.1, -0.05) is 0 Å². The highest BCUT2D eigenvalue weighted by Gasteiger charge is 2.14. The smallest absolute Gasteiger partial charge is 0.291 e. The number of carbonyl (C=O) groups excluding carboxylic acids is 1. The zero-order chi connectivity index (χ0) is 13.3. The molecule has 0 aliphatic carbocycles. The van der Waals surface area contributed by atoms with Crippen molar-refractivity contribution in [2.24, 2.45) is 0 Å². The summed E-state index contributed by atoms with van der Waals surface area (Å²) in [6.45, 7) is 0. The molecular formula is C11H5Br2F2NO2. The number of nitrogens with one attached hydrogen (secondary N) is 1. The van der Waals surface area contributed by atoms with Crippen molar-refractivity contribution in [1.29, 1.82) is 0 Å². The maximum absolute atomic E-state index is 13.4. The molecule has 0 saturated carbocycles. The maximum Gasteiger partial charge on any atom is 0.291 e. The number of amides is 1. The van der Waals surface area contributed by atoms with E-state index in [0.29, 0.717) is 10.7 Å². The summed E-state index contributed by atoms with van der Waals surface area (Å²) >= 11 is 5.95. The Morgan fingerprint density at radius 2 is 1.89 bits per heavy atom. The number of carbonyl (C=O) groups is 1. The van der Waals surface area contributed by atoms with Gasteiger partial charge in [-0.05, 0) is 50.1 Å². The number of hydrogen-bond acceptors (Lipinski definition) is 2. The van der Waals surface area contributed by atoms with E-state index in [1.54, 1.807) is 0 Å². The van der Waals surface area contributed by atoms with Crippen LogP contribution >= 0.6 is 31.9 Å². The molecule has 1 amide bonds. The lowest BCUT2D eigenvalue weighted by atomic mass is 10.3. The first-order valence-corrected chi connectivity index (χ1v) is 6.27. The largest absolute Gasteiger partial charge is 0.444 e. The van der Waals surface area contributed by atoms with Gasteiger partial charge in [0.05, 0.1) is 10.2 Å². The van der Waals surface area contributed by atoms with Crippen LogP contribution in [0.3, 0.4) is 0 Å². The van der Waals surface area contributed by atoms with Gasteiger partial charge in [-0.25, -0.2) is 8.78 Å². The molecule has 3 nitrogen and oxygen atoms in total. The molecule has 1 aromatic carbocycles. The van der Waals surface area contributed by atoms with Crippen molar-refractivity contribution < 1.29 is 18.0 Å². The summed E-state index contributed by atoms with van der Waals surface area (Å²) in [6, 6.07) is 4.78. The zero-order valence-electron chi connectivity index (χ0n) is 8.64. The average molecular weight is 381 g/mol. The molecule has 7 heteroatoms. The number of rotatable bonds is 2. The third kappa shape index (κ3) is 2.78. The van der Waals surface area contributed by atoms with E-state index in [-0.39, 0.29) is 15.9 Å². The predicted molar refractivity (Wildman–Crippen MR) is 68.4 cm³/mol. The minimum Gasteiger partial charge on any atom is -0.444 e. The Morgan fingerprint density at radius 3 is 2.50 bits per heavy atom. The molecular weight excluding hydrogens is 376 g/mol. The predicted octanol–water partition coefficient (Wildman–Crippen LogP) is 4.34. The van der Waals surface area contributed by atoms with E-state index < -0.39 is 17.5 Å². The molecule has 18 heavy (non-hydrogen) atoms. The van der Waals surface area contributed by atoms with Crippen LogP contribution in [-0.2, 0) is 0 Å². The number of halogens is 4. The highest BCUT2D eigenvalue weighted by Crippen LogP contribution is 2.24. The van der Waals surface area contributed by atoms with E-state index in [0.717, 1.165) is 6.07 Å². The van der Waals surface area contributed by atoms with Gasteiger partial charge in [0.25, 0.3) is 5.91 Å². The van der Waals surface area contributed by atoms with Gasteiger partial charge in [0.15, 0.2) is 10.4 Å². The van der Waals surface area contributed by atoms with E-state index in [4.69, 9.17) is 4.42 Å². The van der Waals surface area contributed by atoms with E-state index in [9.17, 15) is 13.6 Å². The van der Waals surface area contributed by atoms with Crippen LogP contribution in [0.1, 0.15) is 10.6 Å². The average Bonchev–Trinajstić information content (AvgIpc) is 2.73. The summed E-state index contributed by atoms with van der Waals surface area (Å²) in [5.74, 6) is -2.22. The molecule has 0 fully saturated rings. The third-order valence-corrected chi connectivity index (χ3v) is 3.09. The van der Waals surface area contributed by atoms with Gasteiger partial charge < -0.3 is 9.73 Å². The topological polar surface area (TPSA) is 42.2 Å². The van der Waals surface area contributed by atoms with Crippen LogP contribution in [0.5, 0.6) is 0 Å². The van der Waals surface area contributed by atoms with E-state index in [1.165, 1.54) is 12.1 Å². The molecule has 2 rings (SSSR count). The van der Waals surface area contributed by atoms with Crippen molar-refractivity contribution in [2.45, 2.75) is 0 Å². The first-order chi connectivity index (χ1) is 8.47. The molecule has 0 aliphatic heterocycles. The SMILES string of the molecule is O=C(Nc1cc(Br)c(F)cc1F)c1ccc(Br)o1. The Hall–Kier alpha value is -1.21. The second-order valence-corrected chi connectivity index (χ2v) is 4.94. The van der Waals surface area contributed by atoms with Crippen molar-refractivity contribution in [3.63, 3.8) is 0 Å². The Morgan fingerprint density at radius 1 is 1.17 bits per heavy atom. The lowest BCUT2D eigenvalue weighted by Crippen LogP contribution is -2.12. The van der Waals surface area contributed by atoms with Crippen LogP contribution in [0.4, 0.5) is 14.5 Å². The summed E-state index contributed by atoms with van der Waals surface area (Å²) in [6.07, 6.45) is 0. The Labute approximate surface area is 117 Å². The van der Waals surface area contributed by atoms with Gasteiger partial charge in [0, 0.05) is 6.07 Å². The highest BCUT2D eigenvalue weighted by atomic mass is 79.9. The molecule has 94 valence electrons. The first-order valence-electron chi connectivity index (χ1n) is 4.68. The summed E-state index contributed by atoms with van der Waals surface area (Å²) < 4.78 is 31.8. The lowest BCUT2D eigenvalue weighted by Gasteiger charge is -2.05. The second-order valence-electron chi connectivity index (χ2n) is 3.30. The van der Waals surface area contributed by atoms with E-state index >= 15 is 0 Å². The summed E-state index contributed by atoms with van der Waals surface area (Å²) in [7, 11) is 0. The van der Waals surface area contributed by atoms with Gasteiger partial charge in [-0.2, -0.15) is 0 Å². The van der Waals surface area contributed by atoms with Crippen LogP contribution in [0.15, 0.2) is 37.8 Å². The fraction of sp³-hybridized carbons (Fsp3) is 0. The molecule has 0 bridgehead atoms. The molecule has 0 saturated heterocycles. The van der Waals surface area contributed by atoms with Crippen LogP contribution < -0.4 is 5.32 Å². The molecule has 1 aromatic heterocycles. The zero-order valence-corrected chi connectivity index (χ0v) is 11.8. The monoisotopic (exact) mass is 379 g/mol. The highest BCUT2D eigenvalue weighted by molar-refractivity contribution is 9.10. The number of hydrogen-bond donors (Lipinski definition) is 1. The van der Waals surface area contributed by atoms with Gasteiger partial charge in [0.1, 0.15) is 11.6 Å². The van der Waals surface area contributed by atoms with Crippen LogP contribution in [0.2, 0.25) is 0 Å². The number of furan rings is 1. The molecule has 1 heterocycles. The fourth-order valence-corrected chi connectivity index (χ4v) is 1.89. The van der Waals surface area contributed by atoms with Crippen molar-refractivity contribution in [2.75, 3.05) is 5.32 Å². The Bertz CT molecular complexity index is 613. The van der Waals surface area contributed by atoms with Crippen LogP contribution in [0.25, 0.3) is 0 Å². The molecule has 0 atom stereocenters. The number of anilines is 1. The van der Waals surface area contributed by atoms with Crippen molar-refractivity contribution in [3.8, 4) is 0 Å². The molecule has 0 unspecified atom stereocenters.